The van der Waals surface area contributed by atoms with E-state index in [1.807, 2.05) is 42.8 Å². The van der Waals surface area contributed by atoms with Crippen molar-refractivity contribution in [3.05, 3.63) is 70.5 Å². The minimum Gasteiger partial charge on any atom is -0.325 e. The molecule has 0 atom stereocenters. The Kier molecular flexibility index (Phi) is 5.96. The van der Waals surface area contributed by atoms with Gasteiger partial charge in [-0.25, -0.2) is 0 Å². The molecule has 0 aliphatic heterocycles. The molecule has 1 aromatic heterocycles. The molecule has 3 aromatic rings. The van der Waals surface area contributed by atoms with Gasteiger partial charge in [-0.2, -0.15) is 0 Å². The van der Waals surface area contributed by atoms with Gasteiger partial charge in [0.15, 0.2) is 5.16 Å². The number of nitrogens with one attached hydrogen (secondary N) is 1. The Hall–Kier alpha value is -2.31. The maximum atomic E-state index is 12.2. The summed E-state index contributed by atoms with van der Waals surface area (Å²) in [7, 11) is 1.92. The summed E-state index contributed by atoms with van der Waals surface area (Å²) < 4.78 is 1.93. The van der Waals surface area contributed by atoms with Crippen LogP contribution < -0.4 is 5.32 Å². The van der Waals surface area contributed by atoms with Crippen LogP contribution in [0.15, 0.2) is 53.7 Å². The zero-order valence-electron chi connectivity index (χ0n) is 14.6. The van der Waals surface area contributed by atoms with Gasteiger partial charge in [-0.05, 0) is 36.2 Å². The number of nitrogens with zero attached hydrogens (tertiary/aromatic N) is 3. The highest BCUT2D eigenvalue weighted by molar-refractivity contribution is 7.99. The molecule has 0 spiro atoms. The minimum atomic E-state index is -0.0932. The zero-order chi connectivity index (χ0) is 18.5. The summed E-state index contributed by atoms with van der Waals surface area (Å²) in [5, 5.41) is 12.7. The fourth-order valence-corrected chi connectivity index (χ4v) is 3.30. The maximum absolute atomic E-state index is 12.2. The monoisotopic (exact) mass is 386 g/mol. The minimum absolute atomic E-state index is 0.0932. The second-order valence-corrected chi connectivity index (χ2v) is 7.27. The average Bonchev–Trinajstić information content (AvgIpc) is 2.97. The highest BCUT2D eigenvalue weighted by Gasteiger charge is 2.12. The van der Waals surface area contributed by atoms with E-state index in [4.69, 9.17) is 11.6 Å². The van der Waals surface area contributed by atoms with E-state index in [0.717, 1.165) is 22.2 Å². The van der Waals surface area contributed by atoms with E-state index in [-0.39, 0.29) is 11.7 Å². The summed E-state index contributed by atoms with van der Waals surface area (Å²) in [5.74, 6) is 1.04. The molecule has 0 aliphatic rings. The van der Waals surface area contributed by atoms with Crippen molar-refractivity contribution in [2.45, 2.75) is 18.5 Å². The SMILES string of the molecule is Cc1cc(NC(=O)CSc2nnc(Cc3ccccc3)n2C)ccc1Cl. The van der Waals surface area contributed by atoms with Gasteiger partial charge in [-0.3, -0.25) is 4.79 Å². The lowest BCUT2D eigenvalue weighted by Gasteiger charge is -2.07. The molecule has 0 saturated carbocycles. The standard InChI is InChI=1S/C19H19ClN4OS/c1-13-10-15(8-9-16(13)20)21-18(25)12-26-19-23-22-17(24(19)2)11-14-6-4-3-5-7-14/h3-10H,11-12H2,1-2H3,(H,21,25). The summed E-state index contributed by atoms with van der Waals surface area (Å²) in [5.41, 5.74) is 2.84. The van der Waals surface area contributed by atoms with Crippen LogP contribution in [0.3, 0.4) is 0 Å². The van der Waals surface area contributed by atoms with E-state index in [1.54, 1.807) is 12.1 Å². The molecule has 0 radical (unpaired) electrons. The lowest BCUT2D eigenvalue weighted by Crippen LogP contribution is -2.14. The number of thioether (sulfide) groups is 1. The number of amides is 1. The van der Waals surface area contributed by atoms with Gasteiger partial charge in [0.2, 0.25) is 5.91 Å². The quantitative estimate of drug-likeness (QED) is 0.648. The van der Waals surface area contributed by atoms with Crippen molar-refractivity contribution < 1.29 is 4.79 Å². The van der Waals surface area contributed by atoms with Crippen LogP contribution in [0, 0.1) is 6.92 Å². The van der Waals surface area contributed by atoms with Crippen molar-refractivity contribution >= 4 is 35.0 Å². The molecule has 7 heteroatoms. The third kappa shape index (κ3) is 4.65. The molecule has 0 saturated heterocycles. The Morgan fingerprint density at radius 3 is 2.69 bits per heavy atom. The molecule has 0 bridgehead atoms. The third-order valence-corrected chi connectivity index (χ3v) is 5.35. The Balaban J connectivity index is 1.57. The molecule has 1 amide bonds. The van der Waals surface area contributed by atoms with E-state index in [0.29, 0.717) is 11.4 Å². The molecule has 5 nitrogen and oxygen atoms in total. The fourth-order valence-electron chi connectivity index (χ4n) is 2.45. The average molecular weight is 387 g/mol. The third-order valence-electron chi connectivity index (χ3n) is 3.90. The molecule has 0 fully saturated rings. The van der Waals surface area contributed by atoms with Crippen molar-refractivity contribution in [2.75, 3.05) is 11.1 Å². The lowest BCUT2D eigenvalue weighted by atomic mass is 10.1. The van der Waals surface area contributed by atoms with Gasteiger partial charge in [0.1, 0.15) is 5.82 Å². The molecular weight excluding hydrogens is 368 g/mol. The summed E-state index contributed by atoms with van der Waals surface area (Å²) in [6.45, 7) is 1.90. The van der Waals surface area contributed by atoms with E-state index in [2.05, 4.69) is 27.6 Å². The zero-order valence-corrected chi connectivity index (χ0v) is 16.1. The Morgan fingerprint density at radius 1 is 1.19 bits per heavy atom. The molecule has 1 N–H and O–H groups in total. The predicted octanol–water partition coefficient (Wildman–Crippen LogP) is 4.10. The van der Waals surface area contributed by atoms with Gasteiger partial charge in [-0.1, -0.05) is 53.7 Å². The highest BCUT2D eigenvalue weighted by Crippen LogP contribution is 2.21. The van der Waals surface area contributed by atoms with Gasteiger partial charge in [-0.15, -0.1) is 10.2 Å². The normalized spacial score (nSPS) is 10.7. The number of anilines is 1. The lowest BCUT2D eigenvalue weighted by molar-refractivity contribution is -0.113. The van der Waals surface area contributed by atoms with E-state index in [1.165, 1.54) is 17.3 Å². The first-order valence-corrected chi connectivity index (χ1v) is 9.50. The van der Waals surface area contributed by atoms with Gasteiger partial charge in [0.25, 0.3) is 0 Å². The van der Waals surface area contributed by atoms with Crippen LogP contribution in [-0.4, -0.2) is 26.4 Å². The molecule has 0 aliphatic carbocycles. The van der Waals surface area contributed by atoms with Gasteiger partial charge < -0.3 is 9.88 Å². The molecular formula is C19H19ClN4OS. The molecule has 134 valence electrons. The topological polar surface area (TPSA) is 59.8 Å². The van der Waals surface area contributed by atoms with Crippen molar-refractivity contribution in [3.63, 3.8) is 0 Å². The molecule has 0 unspecified atom stereocenters. The summed E-state index contributed by atoms with van der Waals surface area (Å²) in [4.78, 5) is 12.2. The van der Waals surface area contributed by atoms with Crippen molar-refractivity contribution in [1.29, 1.82) is 0 Å². The Bertz CT molecular complexity index is 911. The molecule has 3 rings (SSSR count). The first-order valence-electron chi connectivity index (χ1n) is 8.14. The van der Waals surface area contributed by atoms with Crippen LogP contribution in [0.25, 0.3) is 0 Å². The highest BCUT2D eigenvalue weighted by atomic mass is 35.5. The second-order valence-electron chi connectivity index (χ2n) is 5.92. The number of benzene rings is 2. The summed E-state index contributed by atoms with van der Waals surface area (Å²) in [6, 6.07) is 15.5. The largest absolute Gasteiger partial charge is 0.325 e. The number of aryl methyl sites for hydroxylation is 1. The van der Waals surface area contributed by atoms with E-state index >= 15 is 0 Å². The van der Waals surface area contributed by atoms with E-state index < -0.39 is 0 Å². The maximum Gasteiger partial charge on any atom is 0.234 e. The van der Waals surface area contributed by atoms with Crippen molar-refractivity contribution in [3.8, 4) is 0 Å². The second kappa shape index (κ2) is 8.38. The van der Waals surface area contributed by atoms with Gasteiger partial charge in [0, 0.05) is 24.2 Å². The van der Waals surface area contributed by atoms with Crippen LogP contribution in [0.2, 0.25) is 5.02 Å². The Labute approximate surface area is 161 Å². The van der Waals surface area contributed by atoms with Crippen LogP contribution in [0.4, 0.5) is 5.69 Å². The number of halogens is 1. The fraction of sp³-hybridized carbons (Fsp3) is 0.211. The summed E-state index contributed by atoms with van der Waals surface area (Å²) >= 11 is 7.37. The molecule has 1 heterocycles. The molecule has 2 aromatic carbocycles. The number of carbonyl (C=O) groups is 1. The smallest absolute Gasteiger partial charge is 0.234 e. The predicted molar refractivity (Wildman–Crippen MR) is 106 cm³/mol. The van der Waals surface area contributed by atoms with Crippen LogP contribution in [0.5, 0.6) is 0 Å². The summed E-state index contributed by atoms with van der Waals surface area (Å²) in [6.07, 6.45) is 0.709. The van der Waals surface area contributed by atoms with Gasteiger partial charge >= 0.3 is 0 Å². The number of rotatable bonds is 6. The van der Waals surface area contributed by atoms with Crippen molar-refractivity contribution in [2.24, 2.45) is 7.05 Å². The van der Waals surface area contributed by atoms with Crippen LogP contribution in [-0.2, 0) is 18.3 Å². The number of hydrogen-bond acceptors (Lipinski definition) is 4. The van der Waals surface area contributed by atoms with Crippen LogP contribution in [0.1, 0.15) is 17.0 Å². The number of aromatic nitrogens is 3. The first-order chi connectivity index (χ1) is 12.5. The van der Waals surface area contributed by atoms with Crippen molar-refractivity contribution in [1.82, 2.24) is 14.8 Å². The first kappa shape index (κ1) is 18.5. The number of carbonyl (C=O) groups excluding carboxylic acids is 1. The van der Waals surface area contributed by atoms with Gasteiger partial charge in [0.05, 0.1) is 5.75 Å². The van der Waals surface area contributed by atoms with E-state index in [9.17, 15) is 4.79 Å². The number of hydrogen-bond donors (Lipinski definition) is 1. The Morgan fingerprint density at radius 2 is 1.96 bits per heavy atom. The van der Waals surface area contributed by atoms with Crippen LogP contribution >= 0.6 is 23.4 Å². The molecule has 26 heavy (non-hydrogen) atoms.